The van der Waals surface area contributed by atoms with Crippen LogP contribution in [0.15, 0.2) is 23.5 Å². The maximum atomic E-state index is 12.2. The second-order valence-electron chi connectivity index (χ2n) is 4.26. The van der Waals surface area contributed by atoms with E-state index in [9.17, 15) is 13.2 Å². The van der Waals surface area contributed by atoms with Crippen LogP contribution in [0.1, 0.15) is 0 Å². The number of carbonyl (C=O) groups is 1. The Morgan fingerprint density at radius 3 is 2.71 bits per heavy atom. The Hall–Kier alpha value is -2.56. The molecule has 0 aliphatic carbocycles. The van der Waals surface area contributed by atoms with E-state index in [0.717, 1.165) is 0 Å². The summed E-state index contributed by atoms with van der Waals surface area (Å²) in [6.45, 7) is -0.00669. The van der Waals surface area contributed by atoms with Crippen molar-refractivity contribution in [2.24, 2.45) is 7.05 Å². The van der Waals surface area contributed by atoms with Gasteiger partial charge in [-0.25, -0.2) is 8.42 Å². The van der Waals surface area contributed by atoms with Gasteiger partial charge in [0.2, 0.25) is 5.91 Å². The highest BCUT2D eigenvalue weighted by molar-refractivity contribution is 7.92. The second kappa shape index (κ2) is 5.44. The van der Waals surface area contributed by atoms with E-state index in [1.165, 1.54) is 35.0 Å². The summed E-state index contributed by atoms with van der Waals surface area (Å²) < 4.78 is 29.3. The first-order valence-corrected chi connectivity index (χ1v) is 7.35. The van der Waals surface area contributed by atoms with Gasteiger partial charge in [-0.3, -0.25) is 18.9 Å². The highest BCUT2D eigenvalue weighted by Gasteiger charge is 2.21. The smallest absolute Gasteiger partial charge is 0.267 e. The first-order chi connectivity index (χ1) is 9.81. The lowest BCUT2D eigenvalue weighted by molar-refractivity contribution is -0.121. The Balaban J connectivity index is 2.18. The van der Waals surface area contributed by atoms with Crippen LogP contribution >= 0.6 is 0 Å². The molecule has 10 nitrogen and oxygen atoms in total. The van der Waals surface area contributed by atoms with Crippen LogP contribution in [0, 0.1) is 0 Å². The van der Waals surface area contributed by atoms with Crippen LogP contribution in [0.25, 0.3) is 0 Å². The Labute approximate surface area is 121 Å². The van der Waals surface area contributed by atoms with E-state index >= 15 is 0 Å². The molecule has 0 atom stereocenters. The molecule has 0 spiro atoms. The number of hydrogen-bond acceptors (Lipinski definition) is 6. The highest BCUT2D eigenvalue weighted by atomic mass is 32.2. The Bertz CT molecular complexity index is 761. The monoisotopic (exact) mass is 313 g/mol. The van der Waals surface area contributed by atoms with Gasteiger partial charge in [0.15, 0.2) is 5.82 Å². The van der Waals surface area contributed by atoms with E-state index in [0.29, 0.717) is 0 Å². The third kappa shape index (κ3) is 3.31. The molecule has 0 aliphatic heterocycles. The number of nitrogen functional groups attached to an aromatic ring is 1. The Morgan fingerprint density at radius 2 is 2.14 bits per heavy atom. The molecule has 0 aliphatic rings. The molecular weight excluding hydrogens is 298 g/mol. The average Bonchev–Trinajstić information content (AvgIpc) is 2.95. The van der Waals surface area contributed by atoms with Crippen LogP contribution in [0.3, 0.4) is 0 Å². The van der Waals surface area contributed by atoms with Gasteiger partial charge in [0.05, 0.1) is 11.9 Å². The van der Waals surface area contributed by atoms with Gasteiger partial charge in [0.1, 0.15) is 11.4 Å². The van der Waals surface area contributed by atoms with Crippen molar-refractivity contribution in [1.82, 2.24) is 24.9 Å². The second-order valence-corrected chi connectivity index (χ2v) is 5.91. The number of carbonyl (C=O) groups excluding carboxylic acids is 1. The molecule has 2 rings (SSSR count). The summed E-state index contributed by atoms with van der Waals surface area (Å²) in [7, 11) is -0.789. The van der Waals surface area contributed by atoms with Crippen LogP contribution in [0.2, 0.25) is 0 Å². The first kappa shape index (κ1) is 14.8. The van der Waals surface area contributed by atoms with E-state index in [2.05, 4.69) is 20.2 Å². The molecule has 1 amide bonds. The van der Waals surface area contributed by atoms with Crippen molar-refractivity contribution < 1.29 is 13.2 Å². The number of aryl methyl sites for hydroxylation is 1. The van der Waals surface area contributed by atoms with Crippen LogP contribution in [-0.4, -0.2) is 40.9 Å². The van der Waals surface area contributed by atoms with E-state index < -0.39 is 10.0 Å². The summed E-state index contributed by atoms with van der Waals surface area (Å²) >= 11 is 0. The molecule has 4 N–H and O–H groups in total. The minimum absolute atomic E-state index is 0.00669. The number of aromatic nitrogens is 4. The van der Waals surface area contributed by atoms with Crippen molar-refractivity contribution in [3.8, 4) is 0 Å². The summed E-state index contributed by atoms with van der Waals surface area (Å²) in [6, 6.07) is 0. The highest BCUT2D eigenvalue weighted by Crippen LogP contribution is 2.19. The number of nitrogens with zero attached hydrogens (tertiary/aromatic N) is 4. The molecule has 0 bridgehead atoms. The standard InChI is InChI=1S/C10H15N7O3S/c1-12-9(18)6-17-4-7(3-13-17)15-21(19,20)8-5-16(2)14-10(8)11/h3-5,15H,6H2,1-2H3,(H2,11,14)(H,12,18). The lowest BCUT2D eigenvalue weighted by atomic mass is 10.6. The molecule has 0 saturated heterocycles. The quantitative estimate of drug-likeness (QED) is 0.630. The minimum atomic E-state index is -3.86. The van der Waals surface area contributed by atoms with Crippen molar-refractivity contribution in [2.45, 2.75) is 11.4 Å². The van der Waals surface area contributed by atoms with Crippen molar-refractivity contribution in [1.29, 1.82) is 0 Å². The SMILES string of the molecule is CNC(=O)Cn1cc(NS(=O)(=O)c2cn(C)nc2N)cn1. The number of sulfonamides is 1. The van der Waals surface area contributed by atoms with Crippen molar-refractivity contribution in [3.63, 3.8) is 0 Å². The fraction of sp³-hybridized carbons (Fsp3) is 0.300. The number of anilines is 2. The number of hydrogen-bond donors (Lipinski definition) is 3. The van der Waals surface area contributed by atoms with Crippen LogP contribution in [0.5, 0.6) is 0 Å². The molecule has 2 heterocycles. The largest absolute Gasteiger partial charge is 0.381 e. The zero-order valence-electron chi connectivity index (χ0n) is 11.4. The third-order valence-corrected chi connectivity index (χ3v) is 3.98. The number of likely N-dealkylation sites (N-methyl/N-ethyl adjacent to an activating group) is 1. The van der Waals surface area contributed by atoms with Gasteiger partial charge >= 0.3 is 0 Å². The normalized spacial score (nSPS) is 11.3. The summed E-state index contributed by atoms with van der Waals surface area (Å²) in [4.78, 5) is 11.1. The lowest BCUT2D eigenvalue weighted by Gasteiger charge is -2.03. The molecule has 0 fully saturated rings. The van der Waals surface area contributed by atoms with Gasteiger partial charge in [-0.15, -0.1) is 0 Å². The molecule has 21 heavy (non-hydrogen) atoms. The first-order valence-electron chi connectivity index (χ1n) is 5.87. The zero-order valence-corrected chi connectivity index (χ0v) is 12.3. The van der Waals surface area contributed by atoms with Gasteiger partial charge < -0.3 is 11.1 Å². The van der Waals surface area contributed by atoms with Gasteiger partial charge in [-0.1, -0.05) is 0 Å². The van der Waals surface area contributed by atoms with Crippen molar-refractivity contribution in [2.75, 3.05) is 17.5 Å². The molecular formula is C10H15N7O3S. The minimum Gasteiger partial charge on any atom is -0.381 e. The summed E-state index contributed by atoms with van der Waals surface area (Å²) in [5.74, 6) is -0.341. The molecule has 114 valence electrons. The van der Waals surface area contributed by atoms with Gasteiger partial charge in [-0.05, 0) is 0 Å². The van der Waals surface area contributed by atoms with E-state index in [1.807, 2.05) is 0 Å². The third-order valence-electron chi connectivity index (χ3n) is 2.58. The summed E-state index contributed by atoms with van der Waals surface area (Å²) in [5, 5.41) is 10.1. The summed E-state index contributed by atoms with van der Waals surface area (Å²) in [6.07, 6.45) is 4.00. The number of nitrogens with two attached hydrogens (primary N) is 1. The van der Waals surface area contributed by atoms with Gasteiger partial charge in [-0.2, -0.15) is 10.2 Å². The maximum Gasteiger partial charge on any atom is 0.267 e. The zero-order chi connectivity index (χ0) is 15.6. The van der Waals surface area contributed by atoms with Crippen molar-refractivity contribution in [3.05, 3.63) is 18.6 Å². The predicted octanol–water partition coefficient (Wildman–Crippen LogP) is -1.25. The molecule has 11 heteroatoms. The fourth-order valence-electron chi connectivity index (χ4n) is 1.63. The average molecular weight is 313 g/mol. The molecule has 0 saturated carbocycles. The van der Waals surface area contributed by atoms with E-state index in [4.69, 9.17) is 5.73 Å². The van der Waals surface area contributed by atoms with E-state index in [-0.39, 0.29) is 28.9 Å². The van der Waals surface area contributed by atoms with Crippen molar-refractivity contribution >= 4 is 27.4 Å². The molecule has 2 aromatic rings. The predicted molar refractivity (Wildman–Crippen MR) is 74.7 cm³/mol. The Kier molecular flexibility index (Phi) is 3.84. The van der Waals surface area contributed by atoms with Crippen LogP contribution in [-0.2, 0) is 28.4 Å². The number of amides is 1. The Morgan fingerprint density at radius 1 is 1.43 bits per heavy atom. The van der Waals surface area contributed by atoms with Crippen LogP contribution in [0.4, 0.5) is 11.5 Å². The number of nitrogens with one attached hydrogen (secondary N) is 2. The van der Waals surface area contributed by atoms with E-state index in [1.54, 1.807) is 7.05 Å². The fourth-order valence-corrected chi connectivity index (χ4v) is 2.76. The van der Waals surface area contributed by atoms with Gasteiger partial charge in [0.25, 0.3) is 10.0 Å². The molecule has 0 aromatic carbocycles. The lowest BCUT2D eigenvalue weighted by Crippen LogP contribution is -2.23. The molecule has 0 unspecified atom stereocenters. The topological polar surface area (TPSA) is 137 Å². The van der Waals surface area contributed by atoms with Gasteiger partial charge in [0, 0.05) is 26.5 Å². The maximum absolute atomic E-state index is 12.2. The summed E-state index contributed by atoms with van der Waals surface area (Å²) in [5.41, 5.74) is 5.77. The molecule has 2 aromatic heterocycles. The number of rotatable bonds is 5. The van der Waals surface area contributed by atoms with Crippen LogP contribution < -0.4 is 15.8 Å². The molecule has 0 radical (unpaired) electrons.